The van der Waals surface area contributed by atoms with Gasteiger partial charge in [0.1, 0.15) is 5.76 Å². The summed E-state index contributed by atoms with van der Waals surface area (Å²) < 4.78 is 5.43. The van der Waals surface area contributed by atoms with Crippen LogP contribution in [0.1, 0.15) is 17.9 Å². The Morgan fingerprint density at radius 2 is 1.88 bits per heavy atom. The van der Waals surface area contributed by atoms with Crippen molar-refractivity contribution < 1.29 is 4.42 Å². The lowest BCUT2D eigenvalue weighted by molar-refractivity contribution is 0.487. The molecular formula is C13H15NOS. The highest BCUT2D eigenvalue weighted by molar-refractivity contribution is 7.99. The van der Waals surface area contributed by atoms with Crippen LogP contribution in [0.25, 0.3) is 0 Å². The Hall–Kier alpha value is -1.19. The van der Waals surface area contributed by atoms with Crippen molar-refractivity contribution in [1.29, 1.82) is 0 Å². The van der Waals surface area contributed by atoms with E-state index in [-0.39, 0.29) is 11.3 Å². The second-order valence-electron chi connectivity index (χ2n) is 3.73. The van der Waals surface area contributed by atoms with Crippen LogP contribution >= 0.6 is 11.8 Å². The standard InChI is InChI=1S/C13H15NOS/c1-10(14)13(12-8-5-9-15-12)16-11-6-3-2-4-7-11/h2-10,13H,14H2,1H3. The maximum atomic E-state index is 5.99. The number of hydrogen-bond acceptors (Lipinski definition) is 3. The van der Waals surface area contributed by atoms with E-state index in [0.717, 1.165) is 5.76 Å². The van der Waals surface area contributed by atoms with E-state index in [1.54, 1.807) is 18.0 Å². The molecule has 2 nitrogen and oxygen atoms in total. The summed E-state index contributed by atoms with van der Waals surface area (Å²) in [5.41, 5.74) is 5.99. The molecule has 0 aliphatic heterocycles. The number of benzene rings is 1. The number of thioether (sulfide) groups is 1. The normalized spacial score (nSPS) is 14.6. The van der Waals surface area contributed by atoms with E-state index in [4.69, 9.17) is 10.2 Å². The van der Waals surface area contributed by atoms with Gasteiger partial charge in [-0.15, -0.1) is 11.8 Å². The Balaban J connectivity index is 2.16. The maximum absolute atomic E-state index is 5.99. The molecule has 2 aromatic rings. The van der Waals surface area contributed by atoms with Gasteiger partial charge in [-0.1, -0.05) is 18.2 Å². The van der Waals surface area contributed by atoms with E-state index < -0.39 is 0 Å². The first-order valence-electron chi connectivity index (χ1n) is 5.28. The number of hydrogen-bond donors (Lipinski definition) is 1. The number of nitrogens with two attached hydrogens (primary N) is 1. The molecule has 0 aliphatic rings. The molecule has 3 heteroatoms. The van der Waals surface area contributed by atoms with Crippen LogP contribution in [0.15, 0.2) is 58.0 Å². The molecule has 0 radical (unpaired) electrons. The quantitative estimate of drug-likeness (QED) is 0.822. The molecular weight excluding hydrogens is 218 g/mol. The monoisotopic (exact) mass is 233 g/mol. The summed E-state index contributed by atoms with van der Waals surface area (Å²) in [6.45, 7) is 2.00. The average molecular weight is 233 g/mol. The van der Waals surface area contributed by atoms with Crippen LogP contribution in [0.2, 0.25) is 0 Å². The molecule has 1 aromatic heterocycles. The number of rotatable bonds is 4. The summed E-state index contributed by atoms with van der Waals surface area (Å²) in [6.07, 6.45) is 1.69. The summed E-state index contributed by atoms with van der Waals surface area (Å²) in [7, 11) is 0. The molecule has 0 aliphatic carbocycles. The summed E-state index contributed by atoms with van der Waals surface area (Å²) >= 11 is 1.74. The van der Waals surface area contributed by atoms with E-state index in [1.165, 1.54) is 4.90 Å². The largest absolute Gasteiger partial charge is 0.468 e. The molecule has 2 N–H and O–H groups in total. The highest BCUT2D eigenvalue weighted by Gasteiger charge is 2.19. The molecule has 0 spiro atoms. The first-order chi connectivity index (χ1) is 7.77. The molecule has 1 heterocycles. The second kappa shape index (κ2) is 5.23. The van der Waals surface area contributed by atoms with Crippen molar-refractivity contribution in [3.8, 4) is 0 Å². The van der Waals surface area contributed by atoms with Gasteiger partial charge in [0.25, 0.3) is 0 Å². The summed E-state index contributed by atoms with van der Waals surface area (Å²) in [6, 6.07) is 14.2. The minimum absolute atomic E-state index is 0.0522. The van der Waals surface area contributed by atoms with Gasteiger partial charge in [0.2, 0.25) is 0 Å². The van der Waals surface area contributed by atoms with Crippen molar-refractivity contribution in [2.75, 3.05) is 0 Å². The zero-order valence-corrected chi connectivity index (χ0v) is 9.98. The summed E-state index contributed by atoms with van der Waals surface area (Å²) in [4.78, 5) is 1.21. The lowest BCUT2D eigenvalue weighted by atomic mass is 10.2. The van der Waals surface area contributed by atoms with Crippen molar-refractivity contribution in [3.05, 3.63) is 54.5 Å². The molecule has 84 valence electrons. The second-order valence-corrected chi connectivity index (χ2v) is 4.94. The van der Waals surface area contributed by atoms with Crippen molar-refractivity contribution in [3.63, 3.8) is 0 Å². The van der Waals surface area contributed by atoms with Crippen molar-refractivity contribution in [1.82, 2.24) is 0 Å². The SMILES string of the molecule is CC(N)C(Sc1ccccc1)c1ccco1. The lowest BCUT2D eigenvalue weighted by Gasteiger charge is -2.17. The van der Waals surface area contributed by atoms with E-state index in [0.29, 0.717) is 0 Å². The highest BCUT2D eigenvalue weighted by atomic mass is 32.2. The fraction of sp³-hybridized carbons (Fsp3) is 0.231. The smallest absolute Gasteiger partial charge is 0.118 e. The topological polar surface area (TPSA) is 39.2 Å². The molecule has 0 bridgehead atoms. The van der Waals surface area contributed by atoms with Crippen LogP contribution < -0.4 is 5.73 Å². The summed E-state index contributed by atoms with van der Waals surface area (Å²) in [5.74, 6) is 0.934. The van der Waals surface area contributed by atoms with Crippen LogP contribution in [-0.2, 0) is 0 Å². The van der Waals surface area contributed by atoms with Gasteiger partial charge in [-0.2, -0.15) is 0 Å². The van der Waals surface area contributed by atoms with Gasteiger partial charge >= 0.3 is 0 Å². The highest BCUT2D eigenvalue weighted by Crippen LogP contribution is 2.37. The Morgan fingerprint density at radius 1 is 1.12 bits per heavy atom. The first kappa shape index (κ1) is 11.3. The van der Waals surface area contributed by atoms with Gasteiger partial charge in [0.15, 0.2) is 0 Å². The third kappa shape index (κ3) is 2.68. The van der Waals surface area contributed by atoms with Crippen molar-refractivity contribution in [2.24, 2.45) is 5.73 Å². The van der Waals surface area contributed by atoms with E-state index in [9.17, 15) is 0 Å². The Labute approximate surface area is 99.8 Å². The molecule has 16 heavy (non-hydrogen) atoms. The van der Waals surface area contributed by atoms with Crippen LogP contribution in [0.4, 0.5) is 0 Å². The minimum Gasteiger partial charge on any atom is -0.468 e. The van der Waals surface area contributed by atoms with E-state index in [1.807, 2.05) is 37.3 Å². The average Bonchev–Trinajstić information content (AvgIpc) is 2.80. The lowest BCUT2D eigenvalue weighted by Crippen LogP contribution is -2.22. The van der Waals surface area contributed by atoms with Crippen LogP contribution in [0.5, 0.6) is 0 Å². The molecule has 0 fully saturated rings. The van der Waals surface area contributed by atoms with E-state index in [2.05, 4.69) is 12.1 Å². The molecule has 0 saturated heterocycles. The molecule has 1 aromatic carbocycles. The van der Waals surface area contributed by atoms with Gasteiger partial charge < -0.3 is 10.2 Å². The predicted molar refractivity (Wildman–Crippen MR) is 67.4 cm³/mol. The maximum Gasteiger partial charge on any atom is 0.118 e. The van der Waals surface area contributed by atoms with Crippen molar-refractivity contribution >= 4 is 11.8 Å². The third-order valence-electron chi connectivity index (χ3n) is 2.31. The Kier molecular flexibility index (Phi) is 3.70. The van der Waals surface area contributed by atoms with Crippen LogP contribution in [0.3, 0.4) is 0 Å². The molecule has 2 atom stereocenters. The van der Waals surface area contributed by atoms with Crippen molar-refractivity contribution in [2.45, 2.75) is 23.1 Å². The minimum atomic E-state index is 0.0522. The van der Waals surface area contributed by atoms with Crippen LogP contribution in [0, 0.1) is 0 Å². The van der Waals surface area contributed by atoms with E-state index >= 15 is 0 Å². The fourth-order valence-electron chi connectivity index (χ4n) is 1.52. The number of furan rings is 1. The predicted octanol–water partition coefficient (Wildman–Crippen LogP) is 3.46. The zero-order valence-electron chi connectivity index (χ0n) is 9.17. The van der Waals surface area contributed by atoms with Crippen LogP contribution in [-0.4, -0.2) is 6.04 Å². The first-order valence-corrected chi connectivity index (χ1v) is 6.16. The Morgan fingerprint density at radius 3 is 2.44 bits per heavy atom. The van der Waals surface area contributed by atoms with Gasteiger partial charge in [0.05, 0.1) is 11.5 Å². The van der Waals surface area contributed by atoms with Gasteiger partial charge in [-0.05, 0) is 31.2 Å². The molecule has 0 saturated carbocycles. The van der Waals surface area contributed by atoms with Gasteiger partial charge in [-0.3, -0.25) is 0 Å². The Bertz CT molecular complexity index is 411. The fourth-order valence-corrected chi connectivity index (χ4v) is 2.60. The summed E-state index contributed by atoms with van der Waals surface area (Å²) in [5, 5.41) is 0.164. The zero-order chi connectivity index (χ0) is 11.4. The third-order valence-corrected chi connectivity index (χ3v) is 3.77. The molecule has 2 rings (SSSR count). The van der Waals surface area contributed by atoms with Gasteiger partial charge in [0, 0.05) is 10.9 Å². The molecule has 2 unspecified atom stereocenters. The molecule has 0 amide bonds. The van der Waals surface area contributed by atoms with Gasteiger partial charge in [-0.25, -0.2) is 0 Å².